The third-order valence-corrected chi connectivity index (χ3v) is 8.23. The summed E-state index contributed by atoms with van der Waals surface area (Å²) in [6.45, 7) is 4.71. The van der Waals surface area contributed by atoms with Crippen LogP contribution in [0.3, 0.4) is 0 Å². The highest BCUT2D eigenvalue weighted by Gasteiger charge is 2.32. The van der Waals surface area contributed by atoms with Gasteiger partial charge in [0.1, 0.15) is 11.8 Å². The first kappa shape index (κ1) is 21.1. The number of hydrogen-bond acceptors (Lipinski definition) is 8. The van der Waals surface area contributed by atoms with E-state index in [0.717, 1.165) is 24.8 Å². The molecule has 1 aliphatic carbocycles. The molecule has 3 aromatic heterocycles. The zero-order valence-corrected chi connectivity index (χ0v) is 19.0. The van der Waals surface area contributed by atoms with Crippen LogP contribution >= 0.6 is 0 Å². The van der Waals surface area contributed by atoms with Gasteiger partial charge in [0.2, 0.25) is 21.9 Å². The number of aromatic nitrogens is 6. The van der Waals surface area contributed by atoms with E-state index in [0.29, 0.717) is 42.7 Å². The molecule has 0 amide bonds. The van der Waals surface area contributed by atoms with Gasteiger partial charge in [0.25, 0.3) is 0 Å². The molecule has 0 unspecified atom stereocenters. The molecule has 1 saturated carbocycles. The molecular formula is C20H28N8O3S. The molecule has 2 atom stereocenters. The molecule has 2 fully saturated rings. The average molecular weight is 461 g/mol. The van der Waals surface area contributed by atoms with E-state index in [2.05, 4.69) is 37.5 Å². The van der Waals surface area contributed by atoms with Gasteiger partial charge in [-0.1, -0.05) is 6.92 Å². The van der Waals surface area contributed by atoms with Crippen molar-refractivity contribution in [1.82, 2.24) is 34.1 Å². The maximum atomic E-state index is 12.2. The van der Waals surface area contributed by atoms with Crippen LogP contribution in [0.4, 0.5) is 5.95 Å². The fourth-order valence-electron chi connectivity index (χ4n) is 4.15. The third-order valence-electron chi connectivity index (χ3n) is 6.38. The molecule has 5 rings (SSSR count). The predicted octanol–water partition coefficient (Wildman–Crippen LogP) is 1.92. The number of sulfonamides is 1. The third kappa shape index (κ3) is 3.92. The number of piperidine rings is 1. The second kappa shape index (κ2) is 8.32. The van der Waals surface area contributed by atoms with Crippen molar-refractivity contribution < 1.29 is 13.2 Å². The number of nitrogens with zero attached hydrogens (tertiary/aromatic N) is 6. The van der Waals surface area contributed by atoms with E-state index in [1.165, 1.54) is 0 Å². The van der Waals surface area contributed by atoms with E-state index in [1.54, 1.807) is 34.3 Å². The summed E-state index contributed by atoms with van der Waals surface area (Å²) in [6, 6.07) is 0.0769. The first-order valence-corrected chi connectivity index (χ1v) is 12.7. The van der Waals surface area contributed by atoms with Crippen LogP contribution in [0.15, 0.2) is 18.6 Å². The molecule has 2 aliphatic rings. The fourth-order valence-corrected chi connectivity index (χ4v) is 5.36. The quantitative estimate of drug-likeness (QED) is 0.547. The minimum Gasteiger partial charge on any atom is -0.473 e. The van der Waals surface area contributed by atoms with Gasteiger partial charge >= 0.3 is 0 Å². The maximum Gasteiger partial charge on any atom is 0.244 e. The maximum absolute atomic E-state index is 12.2. The molecule has 0 aromatic carbocycles. The molecule has 1 saturated heterocycles. The minimum absolute atomic E-state index is 0.0769. The molecular weight excluding hydrogens is 432 g/mol. The van der Waals surface area contributed by atoms with Crippen molar-refractivity contribution in [2.45, 2.75) is 51.7 Å². The Morgan fingerprint density at radius 1 is 1.28 bits per heavy atom. The van der Waals surface area contributed by atoms with Crippen molar-refractivity contribution in [2.75, 3.05) is 24.2 Å². The van der Waals surface area contributed by atoms with Gasteiger partial charge in [-0.25, -0.2) is 17.7 Å². The van der Waals surface area contributed by atoms with Gasteiger partial charge in [-0.05, 0) is 38.5 Å². The Morgan fingerprint density at radius 2 is 2.12 bits per heavy atom. The Balaban J connectivity index is 1.40. The van der Waals surface area contributed by atoms with Gasteiger partial charge in [0, 0.05) is 30.9 Å². The molecule has 0 radical (unpaired) electrons. The number of rotatable bonds is 7. The Hall–Kier alpha value is -2.73. The summed E-state index contributed by atoms with van der Waals surface area (Å²) in [5.74, 6) is 1.30. The molecule has 12 heteroatoms. The highest BCUT2D eigenvalue weighted by Crippen LogP contribution is 2.33. The number of nitrogens with one attached hydrogen (secondary N) is 2. The van der Waals surface area contributed by atoms with Crippen molar-refractivity contribution >= 4 is 21.6 Å². The number of hydrogen-bond donors (Lipinski definition) is 2. The Kier molecular flexibility index (Phi) is 5.49. The molecule has 0 bridgehead atoms. The molecule has 0 spiro atoms. The summed E-state index contributed by atoms with van der Waals surface area (Å²) in [5, 5.41) is 14.9. The van der Waals surface area contributed by atoms with Crippen LogP contribution in [0.5, 0.6) is 5.88 Å². The van der Waals surface area contributed by atoms with Crippen LogP contribution in [-0.2, 0) is 10.0 Å². The lowest BCUT2D eigenvalue weighted by atomic mass is 9.95. The second-order valence-corrected chi connectivity index (χ2v) is 10.8. The van der Waals surface area contributed by atoms with Crippen molar-refractivity contribution in [3.8, 4) is 17.1 Å². The van der Waals surface area contributed by atoms with Gasteiger partial charge in [-0.2, -0.15) is 14.6 Å². The fraction of sp³-hybridized carbons (Fsp3) is 0.600. The Morgan fingerprint density at radius 3 is 2.78 bits per heavy atom. The highest BCUT2D eigenvalue weighted by molar-refractivity contribution is 7.89. The molecule has 172 valence electrons. The smallest absolute Gasteiger partial charge is 0.244 e. The number of fused-ring (bicyclic) bond motifs is 1. The average Bonchev–Trinajstić information content (AvgIpc) is 3.41. The van der Waals surface area contributed by atoms with Crippen LogP contribution < -0.4 is 10.1 Å². The minimum atomic E-state index is -3.17. The molecule has 32 heavy (non-hydrogen) atoms. The standard InChI is InChI=1S/C20H28N8O3S/c1-3-32(29,30)27-8-7-16(13(2)12-27)24-20-25-17-11-21-18(14-9-22-23-10-14)19(28(17)26-20)31-15-5-4-6-15/h9-11,13,15-16H,3-8,12H2,1-2H3,(H,22,23)(H,24,26)/t13-,16+/m1/s1. The summed E-state index contributed by atoms with van der Waals surface area (Å²) in [6.07, 6.45) is 9.18. The van der Waals surface area contributed by atoms with Crippen molar-refractivity contribution in [2.24, 2.45) is 5.92 Å². The van der Waals surface area contributed by atoms with Crippen LogP contribution in [0.2, 0.25) is 0 Å². The first-order valence-electron chi connectivity index (χ1n) is 11.1. The van der Waals surface area contributed by atoms with Crippen LogP contribution in [0.1, 0.15) is 39.5 Å². The topological polar surface area (TPSA) is 130 Å². The van der Waals surface area contributed by atoms with E-state index in [9.17, 15) is 8.42 Å². The monoisotopic (exact) mass is 460 g/mol. The summed E-state index contributed by atoms with van der Waals surface area (Å²) in [4.78, 5) is 9.18. The van der Waals surface area contributed by atoms with E-state index < -0.39 is 10.0 Å². The summed E-state index contributed by atoms with van der Waals surface area (Å²) in [7, 11) is -3.17. The highest BCUT2D eigenvalue weighted by atomic mass is 32.2. The summed E-state index contributed by atoms with van der Waals surface area (Å²) >= 11 is 0. The largest absolute Gasteiger partial charge is 0.473 e. The summed E-state index contributed by atoms with van der Waals surface area (Å²) in [5.41, 5.74) is 2.08. The molecule has 3 aromatic rings. The van der Waals surface area contributed by atoms with Crippen LogP contribution in [0, 0.1) is 5.92 Å². The van der Waals surface area contributed by atoms with E-state index in [-0.39, 0.29) is 23.8 Å². The molecule has 4 heterocycles. The van der Waals surface area contributed by atoms with Crippen molar-refractivity contribution in [3.63, 3.8) is 0 Å². The molecule has 1 aliphatic heterocycles. The van der Waals surface area contributed by atoms with Crippen molar-refractivity contribution in [3.05, 3.63) is 18.6 Å². The van der Waals surface area contributed by atoms with Crippen LogP contribution in [0.25, 0.3) is 16.9 Å². The number of H-pyrrole nitrogens is 1. The van der Waals surface area contributed by atoms with Crippen LogP contribution in [-0.4, -0.2) is 73.5 Å². The molecule has 11 nitrogen and oxygen atoms in total. The zero-order chi connectivity index (χ0) is 22.3. The lowest BCUT2D eigenvalue weighted by Gasteiger charge is -2.36. The lowest BCUT2D eigenvalue weighted by molar-refractivity contribution is 0.112. The number of aromatic amines is 1. The zero-order valence-electron chi connectivity index (χ0n) is 18.2. The Labute approximate surface area is 186 Å². The number of anilines is 1. The van der Waals surface area contributed by atoms with E-state index >= 15 is 0 Å². The first-order chi connectivity index (χ1) is 15.4. The Bertz CT molecular complexity index is 1190. The van der Waals surface area contributed by atoms with E-state index in [1.807, 2.05) is 0 Å². The lowest BCUT2D eigenvalue weighted by Crippen LogP contribution is -2.48. The molecule has 2 N–H and O–H groups in total. The van der Waals surface area contributed by atoms with Gasteiger partial charge in [-0.3, -0.25) is 5.10 Å². The summed E-state index contributed by atoms with van der Waals surface area (Å²) < 4.78 is 34.0. The predicted molar refractivity (Wildman–Crippen MR) is 119 cm³/mol. The van der Waals surface area contributed by atoms with E-state index in [4.69, 9.17) is 4.74 Å². The second-order valence-electron chi connectivity index (χ2n) is 8.55. The van der Waals surface area contributed by atoms with Gasteiger partial charge in [0.15, 0.2) is 5.65 Å². The normalized spacial score (nSPS) is 22.7. The van der Waals surface area contributed by atoms with Gasteiger partial charge < -0.3 is 10.1 Å². The SMILES string of the molecule is CCS(=O)(=O)N1CC[C@H](Nc2nc3cnc(-c4cn[nH]c4)c(OC4CCC4)n3n2)[C@H](C)C1. The van der Waals surface area contributed by atoms with Crippen molar-refractivity contribution in [1.29, 1.82) is 0 Å². The van der Waals surface area contributed by atoms with Gasteiger partial charge in [-0.15, -0.1) is 5.10 Å². The van der Waals surface area contributed by atoms with Gasteiger partial charge in [0.05, 0.1) is 18.1 Å². The number of ether oxygens (including phenoxy) is 1.